The quantitative estimate of drug-likeness (QED) is 0.0270. The maximum absolute atomic E-state index is 12.4. The van der Waals surface area contributed by atoms with Crippen molar-refractivity contribution < 1.29 is 157 Å². The number of nitrogens with two attached hydrogens (primary N) is 4. The fraction of sp³-hybridized carbons (Fsp3) is 0.465. The van der Waals surface area contributed by atoms with Crippen LogP contribution in [0.15, 0.2) is 86.2 Å². The maximum Gasteiger partial charge on any atom is 0.478 e. The first-order valence-corrected chi connectivity index (χ1v) is 28.6. The molecule has 0 radical (unpaired) electrons. The summed E-state index contributed by atoms with van der Waals surface area (Å²) < 4.78 is 79.4. The summed E-state index contributed by atoms with van der Waals surface area (Å²) in [5.41, 5.74) is 22.2. The minimum atomic E-state index is -5.62. The van der Waals surface area contributed by atoms with Crippen LogP contribution in [0.1, 0.15) is 56.0 Å². The number of ether oxygens (including phenoxy) is 4. The zero-order valence-electron chi connectivity index (χ0n) is 43.2. The van der Waals surface area contributed by atoms with E-state index in [2.05, 4.69) is 32.8 Å². The molecule has 4 saturated heterocycles. The number of hydrogen-bond acceptors (Lipinski definition) is 30. The highest BCUT2D eigenvalue weighted by Crippen LogP contribution is 2.58. The predicted molar refractivity (Wildman–Crippen MR) is 260 cm³/mol. The van der Waals surface area contributed by atoms with E-state index in [-0.39, 0.29) is 46.1 Å². The van der Waals surface area contributed by atoms with E-state index < -0.39 is 166 Å². The first-order chi connectivity index (χ1) is 39.4. The fourth-order valence-corrected chi connectivity index (χ4v) is 11.0. The van der Waals surface area contributed by atoms with E-state index in [9.17, 15) is 88.5 Å². The number of primary amides is 3. The molecule has 9 heterocycles. The number of fused-ring (bicyclic) bond motifs is 1. The number of amides is 3. The number of imidazole rings is 1. The van der Waals surface area contributed by atoms with E-state index >= 15 is 0 Å². The van der Waals surface area contributed by atoms with Crippen LogP contribution in [-0.4, -0.2) is 188 Å². The van der Waals surface area contributed by atoms with E-state index in [1.807, 2.05) is 0 Å². The Morgan fingerprint density at radius 3 is 1.41 bits per heavy atom. The van der Waals surface area contributed by atoms with Crippen LogP contribution in [0.4, 0.5) is 5.82 Å². The Kier molecular flexibility index (Phi) is 22.9. The number of nitrogen functional groups attached to an aromatic ring is 1. The Labute approximate surface area is 483 Å². The molecule has 3 amide bonds. The number of aromatic nitrogens is 7. The zero-order chi connectivity index (χ0) is 61.7. The molecular formula is C43H56ClN11O27P3-. The van der Waals surface area contributed by atoms with E-state index in [1.54, 1.807) is 12.3 Å². The van der Waals surface area contributed by atoms with Crippen molar-refractivity contribution in [3.8, 4) is 0 Å². The van der Waals surface area contributed by atoms with Crippen LogP contribution in [0.5, 0.6) is 0 Å². The SMILES string of the molecule is NC(=O)c1ccc[n+]([C@@H]2O[C@H](CO)[C@@H](O)[C@H]2O)c1.NC(=O)c1ccc[n+]([C@@H]2O[C@H](COP(=O)([O-])OP(=O)(O)OC[C@H]3O[C@@H](n4cnc5ncnc(N)c54)[C@H](O)[C@@H]3O)[C@@H](O)[C@H]2O)c1.NC(=O)c1ccc[n+]([C@@H]2O[C@H](COP(=O)([O-])[O-])[C@@H](O)[C@H]2O)c1.[Cl-]. The number of hydrogen-bond donors (Lipinski definition) is 14. The first-order valence-electron chi connectivity index (χ1n) is 24.2. The van der Waals surface area contributed by atoms with E-state index in [4.69, 9.17) is 47.0 Å². The molecule has 0 aliphatic carbocycles. The van der Waals surface area contributed by atoms with Gasteiger partial charge in [-0.1, -0.05) is 0 Å². The Balaban J connectivity index is 0.000000234. The van der Waals surface area contributed by atoms with Gasteiger partial charge in [-0.3, -0.25) is 28.0 Å². The number of phosphoric ester groups is 3. The minimum absolute atomic E-state index is 0. The lowest BCUT2D eigenvalue weighted by Crippen LogP contribution is -3.00. The van der Waals surface area contributed by atoms with Gasteiger partial charge in [0, 0.05) is 18.2 Å². The lowest BCUT2D eigenvalue weighted by Gasteiger charge is -2.30. The van der Waals surface area contributed by atoms with Gasteiger partial charge in [-0.2, -0.15) is 13.7 Å². The summed E-state index contributed by atoms with van der Waals surface area (Å²) in [4.78, 5) is 88.5. The number of anilines is 1. The maximum atomic E-state index is 12.4. The molecule has 0 bridgehead atoms. The third-order valence-corrected chi connectivity index (χ3v) is 15.8. The molecule has 38 nitrogen and oxygen atoms in total. The summed E-state index contributed by atoms with van der Waals surface area (Å²) in [6.07, 6.45) is -10.6. The molecule has 0 spiro atoms. The molecule has 42 heteroatoms. The molecule has 468 valence electrons. The van der Waals surface area contributed by atoms with Crippen LogP contribution in [0.25, 0.3) is 11.2 Å². The predicted octanol–water partition coefficient (Wildman–Crippen LogP) is -12.4. The molecule has 4 aliphatic rings. The van der Waals surface area contributed by atoms with Gasteiger partial charge < -0.3 is 133 Å². The second kappa shape index (κ2) is 28.5. The van der Waals surface area contributed by atoms with Crippen LogP contribution in [-0.2, 0) is 50.5 Å². The molecule has 4 fully saturated rings. The number of phosphoric acid groups is 3. The topological polar surface area (TPSA) is 607 Å². The van der Waals surface area contributed by atoms with Gasteiger partial charge in [0.15, 0.2) is 73.2 Å². The minimum Gasteiger partial charge on any atom is -1.00 e. The van der Waals surface area contributed by atoms with Gasteiger partial charge in [0.2, 0.25) is 0 Å². The zero-order valence-corrected chi connectivity index (χ0v) is 46.7. The van der Waals surface area contributed by atoms with E-state index in [1.165, 1.54) is 92.2 Å². The molecule has 18 N–H and O–H groups in total. The Hall–Kier alpha value is -5.65. The number of aliphatic hydroxyl groups is 9. The molecule has 2 unspecified atom stereocenters. The summed E-state index contributed by atoms with van der Waals surface area (Å²) in [5, 5.41) is 89.8. The largest absolute Gasteiger partial charge is 1.00 e. The van der Waals surface area contributed by atoms with Gasteiger partial charge >= 0.3 is 7.82 Å². The van der Waals surface area contributed by atoms with Crippen LogP contribution in [0, 0.1) is 0 Å². The highest BCUT2D eigenvalue weighted by molar-refractivity contribution is 7.60. The van der Waals surface area contributed by atoms with Crippen molar-refractivity contribution in [2.75, 3.05) is 32.2 Å². The second-order valence-corrected chi connectivity index (χ2v) is 22.6. The summed E-state index contributed by atoms with van der Waals surface area (Å²) in [6.45, 7) is -3.02. The van der Waals surface area contributed by atoms with Gasteiger partial charge in [-0.15, -0.1) is 0 Å². The molecule has 9 rings (SSSR count). The highest BCUT2D eigenvalue weighted by Gasteiger charge is 2.51. The van der Waals surface area contributed by atoms with Crippen molar-refractivity contribution >= 4 is 58.2 Å². The molecule has 5 aromatic heterocycles. The number of halogens is 1. The average molecular weight is 1290 g/mol. The highest BCUT2D eigenvalue weighted by atomic mass is 35.5. The van der Waals surface area contributed by atoms with Gasteiger partial charge in [-0.25, -0.2) is 23.8 Å². The number of aliphatic hydroxyl groups excluding tert-OH is 9. The van der Waals surface area contributed by atoms with Crippen molar-refractivity contribution in [2.45, 2.75) is 98.2 Å². The van der Waals surface area contributed by atoms with Crippen molar-refractivity contribution in [3.63, 3.8) is 0 Å². The molecule has 5 aromatic rings. The average Bonchev–Trinajstić information content (AvgIpc) is 2.59. The lowest BCUT2D eigenvalue weighted by molar-refractivity contribution is -0.766. The lowest BCUT2D eigenvalue weighted by atomic mass is 10.1. The van der Waals surface area contributed by atoms with Crippen LogP contribution >= 0.6 is 23.5 Å². The number of rotatable bonds is 19. The standard InChI is InChI=1S/C21H27N7O14P2.C11H15N2O8P.C11H14N2O5.ClH/c22-17-12-19(25-7-24-17)26-8-28(12)21-16(32)14(30)11(41-21)6-39-44(36,37)42-43(34,35)38-5-10-13(29)15(31)20(40-10)27-3-1-2-9(4-27)18(23)33;12-10(16)6-2-1-3-13(4-6)11-9(15)8(14)7(21-11)5-20-22(17,18)19;12-10(17)6-2-1-3-13(4-6)11-9(16)8(15)7(5-14)18-11;/h1-4,7-8,10-11,13-16,20-21,29-32H,5-6H2,(H5-,22,23,24,25,33,34,35,36,37);1-4,7-9,11,14-15H,5H2,(H3-,12,16,17,18,19);1-4,7-9,11,14-16H,5H2,(H-,12,17);1H/p-1/t10-,11-,13-,14-,15-,16-,20-,21-;2*7-,8-,9-,11-;/m111./s1. The summed E-state index contributed by atoms with van der Waals surface area (Å²) in [5.74, 6) is -2.07. The number of pyridine rings is 3. The molecule has 0 saturated carbocycles. The second-order valence-electron chi connectivity index (χ2n) is 18.5. The third kappa shape index (κ3) is 16.7. The van der Waals surface area contributed by atoms with Gasteiger partial charge in [-0.05, 0) is 18.2 Å². The van der Waals surface area contributed by atoms with Crippen molar-refractivity contribution in [3.05, 3.63) is 103 Å². The van der Waals surface area contributed by atoms with E-state index in [0.29, 0.717) is 0 Å². The molecule has 0 aromatic carbocycles. The molecule has 4 aliphatic heterocycles. The normalized spacial score (nSPS) is 30.5. The van der Waals surface area contributed by atoms with Crippen molar-refractivity contribution in [2.24, 2.45) is 17.2 Å². The molecule has 85 heavy (non-hydrogen) atoms. The Morgan fingerprint density at radius 2 is 0.988 bits per heavy atom. The Morgan fingerprint density at radius 1 is 0.588 bits per heavy atom. The molecule has 18 atom stereocenters. The van der Waals surface area contributed by atoms with Gasteiger partial charge in [0.1, 0.15) is 89.8 Å². The summed E-state index contributed by atoms with van der Waals surface area (Å²) in [6, 6.07) is 8.85. The summed E-state index contributed by atoms with van der Waals surface area (Å²) >= 11 is 0. The number of nitrogens with zero attached hydrogens (tertiary/aromatic N) is 7. The first kappa shape index (κ1) is 68.5. The Bertz CT molecular complexity index is 3300. The van der Waals surface area contributed by atoms with Gasteiger partial charge in [0.05, 0.1) is 34.3 Å². The molecular weight excluding hydrogens is 1230 g/mol. The number of carbonyl (C=O) groups excluding carboxylic acids is 3. The number of carbonyl (C=O) groups is 3. The van der Waals surface area contributed by atoms with Crippen LogP contribution < -0.4 is 63.7 Å². The van der Waals surface area contributed by atoms with Crippen LogP contribution in [0.2, 0.25) is 0 Å². The van der Waals surface area contributed by atoms with Crippen molar-refractivity contribution in [1.82, 2.24) is 19.5 Å². The smallest absolute Gasteiger partial charge is 0.478 e. The summed E-state index contributed by atoms with van der Waals surface area (Å²) in [7, 11) is -16.3. The van der Waals surface area contributed by atoms with E-state index in [0.717, 1.165) is 0 Å². The van der Waals surface area contributed by atoms with Gasteiger partial charge in [0.25, 0.3) is 44.2 Å². The van der Waals surface area contributed by atoms with Crippen molar-refractivity contribution in [1.29, 1.82) is 0 Å². The van der Waals surface area contributed by atoms with Crippen LogP contribution in [0.3, 0.4) is 0 Å². The fourth-order valence-electron chi connectivity index (χ4n) is 8.60. The monoisotopic (exact) mass is 1290 g/mol. The third-order valence-electron chi connectivity index (χ3n) is 12.8.